The van der Waals surface area contributed by atoms with Crippen LogP contribution in [-0.4, -0.2) is 65.4 Å². The van der Waals surface area contributed by atoms with Gasteiger partial charge in [0.1, 0.15) is 5.82 Å². The highest BCUT2D eigenvalue weighted by atomic mass is 19.1. The van der Waals surface area contributed by atoms with Crippen LogP contribution < -0.4 is 10.2 Å². The van der Waals surface area contributed by atoms with Gasteiger partial charge in [-0.05, 0) is 58.1 Å². The zero-order valence-electron chi connectivity index (χ0n) is 22.9. The van der Waals surface area contributed by atoms with Crippen molar-refractivity contribution < 1.29 is 9.18 Å². The number of aryl methyl sites for hydroxylation is 2. The Hall–Kier alpha value is -4.35. The molecule has 0 bridgehead atoms. The fourth-order valence-corrected chi connectivity index (χ4v) is 5.83. The number of amides is 1. The van der Waals surface area contributed by atoms with Gasteiger partial charge in [-0.3, -0.25) is 9.89 Å². The molecular formula is C28H33FN10O. The number of hydrogen-bond donors (Lipinski definition) is 2. The number of pyridine rings is 1. The average molecular weight is 545 g/mol. The van der Waals surface area contributed by atoms with E-state index in [4.69, 9.17) is 4.98 Å². The molecule has 40 heavy (non-hydrogen) atoms. The molecule has 0 radical (unpaired) electrons. The quantitative estimate of drug-likeness (QED) is 0.370. The van der Waals surface area contributed by atoms with Crippen molar-refractivity contribution >= 4 is 23.5 Å². The summed E-state index contributed by atoms with van der Waals surface area (Å²) in [6.45, 7) is 8.11. The molecule has 4 aromatic heterocycles. The molecule has 0 saturated carbocycles. The molecule has 0 aliphatic carbocycles. The van der Waals surface area contributed by atoms with E-state index in [1.807, 2.05) is 43.9 Å². The first-order valence-corrected chi connectivity index (χ1v) is 13.7. The highest BCUT2D eigenvalue weighted by Crippen LogP contribution is 2.43. The lowest BCUT2D eigenvalue weighted by molar-refractivity contribution is -0.150. The first-order chi connectivity index (χ1) is 19.3. The minimum absolute atomic E-state index is 0.113. The van der Waals surface area contributed by atoms with Gasteiger partial charge in [0.2, 0.25) is 11.9 Å². The summed E-state index contributed by atoms with van der Waals surface area (Å²) < 4.78 is 14.7. The van der Waals surface area contributed by atoms with Crippen molar-refractivity contribution in [3.63, 3.8) is 0 Å². The highest BCUT2D eigenvalue weighted by molar-refractivity contribution is 5.84. The second-order valence-corrected chi connectivity index (χ2v) is 10.9. The van der Waals surface area contributed by atoms with Crippen molar-refractivity contribution in [1.29, 1.82) is 0 Å². The van der Waals surface area contributed by atoms with E-state index in [2.05, 4.69) is 35.5 Å². The number of nitrogens with zero attached hydrogens (tertiary/aromatic N) is 8. The number of halogens is 1. The highest BCUT2D eigenvalue weighted by Gasteiger charge is 2.47. The third kappa shape index (κ3) is 5.01. The van der Waals surface area contributed by atoms with Crippen LogP contribution >= 0.6 is 0 Å². The molecule has 6 heterocycles. The summed E-state index contributed by atoms with van der Waals surface area (Å²) in [5, 5.41) is 14.4. The van der Waals surface area contributed by atoms with Crippen LogP contribution in [0.1, 0.15) is 55.6 Å². The zero-order valence-corrected chi connectivity index (χ0v) is 22.9. The van der Waals surface area contributed by atoms with E-state index < -0.39 is 5.82 Å². The lowest BCUT2D eigenvalue weighted by Crippen LogP contribution is -2.54. The maximum atomic E-state index is 13.9. The topological polar surface area (TPSA) is 121 Å². The molecule has 11 nitrogen and oxygen atoms in total. The van der Waals surface area contributed by atoms with E-state index in [0.717, 1.165) is 68.5 Å². The lowest BCUT2D eigenvalue weighted by atomic mass is 9.71. The summed E-state index contributed by atoms with van der Waals surface area (Å²) in [6.07, 6.45) is 7.57. The van der Waals surface area contributed by atoms with Crippen molar-refractivity contribution in [3.8, 4) is 5.82 Å². The number of hydrogen-bond acceptors (Lipinski definition) is 8. The summed E-state index contributed by atoms with van der Waals surface area (Å²) in [5.74, 6) is 2.41. The molecule has 2 N–H and O–H groups in total. The van der Waals surface area contributed by atoms with Crippen LogP contribution in [0.3, 0.4) is 0 Å². The Morgan fingerprint density at radius 1 is 1.05 bits per heavy atom. The molecule has 2 fully saturated rings. The van der Waals surface area contributed by atoms with Crippen molar-refractivity contribution in [3.05, 3.63) is 65.6 Å². The molecular weight excluding hydrogens is 511 g/mol. The summed E-state index contributed by atoms with van der Waals surface area (Å²) in [7, 11) is 0. The van der Waals surface area contributed by atoms with E-state index in [1.54, 1.807) is 12.3 Å². The molecule has 12 heteroatoms. The number of likely N-dealkylation sites (tertiary alicyclic amines) is 1. The van der Waals surface area contributed by atoms with Gasteiger partial charge in [0.15, 0.2) is 17.5 Å². The second-order valence-electron chi connectivity index (χ2n) is 10.9. The third-order valence-electron chi connectivity index (χ3n) is 8.08. The van der Waals surface area contributed by atoms with Crippen LogP contribution in [0.25, 0.3) is 5.82 Å². The van der Waals surface area contributed by atoms with E-state index in [1.165, 1.54) is 10.9 Å². The molecule has 208 valence electrons. The van der Waals surface area contributed by atoms with Gasteiger partial charge in [-0.15, -0.1) is 0 Å². The van der Waals surface area contributed by atoms with Crippen LogP contribution in [-0.2, 0) is 4.79 Å². The predicted molar refractivity (Wildman–Crippen MR) is 148 cm³/mol. The fourth-order valence-electron chi connectivity index (χ4n) is 5.83. The Morgan fingerprint density at radius 3 is 2.55 bits per heavy atom. The number of aromatic amines is 1. The average Bonchev–Trinajstić information content (AvgIpc) is 3.57. The maximum Gasteiger partial charge on any atom is 0.229 e. The molecule has 1 amide bonds. The van der Waals surface area contributed by atoms with Crippen LogP contribution in [0.2, 0.25) is 0 Å². The van der Waals surface area contributed by atoms with Crippen LogP contribution in [0.15, 0.2) is 42.9 Å². The Bertz CT molecular complexity index is 1510. The fraction of sp³-hybridized carbons (Fsp3) is 0.429. The third-order valence-corrected chi connectivity index (χ3v) is 8.08. The van der Waals surface area contributed by atoms with Crippen molar-refractivity contribution in [2.45, 2.75) is 52.5 Å². The van der Waals surface area contributed by atoms with Crippen LogP contribution in [0.5, 0.6) is 0 Å². The lowest BCUT2D eigenvalue weighted by Gasteiger charge is -2.48. The Labute approximate surface area is 231 Å². The Morgan fingerprint density at radius 2 is 1.88 bits per heavy atom. The van der Waals surface area contributed by atoms with Gasteiger partial charge in [0.05, 0.1) is 23.9 Å². The number of aromatic nitrogens is 7. The minimum atomic E-state index is -0.412. The van der Waals surface area contributed by atoms with Gasteiger partial charge in [0, 0.05) is 49.4 Å². The summed E-state index contributed by atoms with van der Waals surface area (Å²) in [6, 6.07) is 7.46. The molecule has 4 aromatic rings. The Kier molecular flexibility index (Phi) is 6.68. The van der Waals surface area contributed by atoms with E-state index in [0.29, 0.717) is 23.4 Å². The van der Waals surface area contributed by atoms with Crippen LogP contribution in [0, 0.1) is 25.1 Å². The number of nitrogens with one attached hydrogen (secondary N) is 2. The first-order valence-electron chi connectivity index (χ1n) is 13.7. The van der Waals surface area contributed by atoms with Crippen molar-refractivity contribution in [1.82, 2.24) is 39.8 Å². The molecule has 0 unspecified atom stereocenters. The molecule has 2 aliphatic heterocycles. The standard InChI is InChI=1S/C28H33FN10O/c1-18-13-23(33-24-14-19(2)35-36-24)34-27(32-18)37-11-8-28(9-12-37)7-4-10-38(26(28)40)20(3)21-5-6-25(30-15-21)39-17-22(29)16-31-39/h5-6,13-17,20H,4,7-12H2,1-3H3,(H2,32,33,34,35,36)/t20-/m0/s1. The smallest absolute Gasteiger partial charge is 0.229 e. The van der Waals surface area contributed by atoms with E-state index in [-0.39, 0.29) is 17.4 Å². The van der Waals surface area contributed by atoms with Gasteiger partial charge in [-0.25, -0.2) is 19.0 Å². The number of rotatable bonds is 6. The largest absolute Gasteiger partial charge is 0.341 e. The van der Waals surface area contributed by atoms with Gasteiger partial charge in [0.25, 0.3) is 0 Å². The first kappa shape index (κ1) is 25.9. The number of piperidine rings is 2. The van der Waals surface area contributed by atoms with Crippen molar-refractivity contribution in [2.75, 3.05) is 29.9 Å². The molecule has 0 aromatic carbocycles. The second kappa shape index (κ2) is 10.3. The maximum absolute atomic E-state index is 13.9. The zero-order chi connectivity index (χ0) is 27.9. The molecule has 2 aliphatic rings. The summed E-state index contributed by atoms with van der Waals surface area (Å²) in [4.78, 5) is 32.0. The van der Waals surface area contributed by atoms with E-state index in [9.17, 15) is 9.18 Å². The van der Waals surface area contributed by atoms with Gasteiger partial charge in [-0.1, -0.05) is 6.07 Å². The molecule has 1 spiro atoms. The number of carbonyl (C=O) groups excluding carboxylic acids is 1. The van der Waals surface area contributed by atoms with Crippen molar-refractivity contribution in [2.24, 2.45) is 5.41 Å². The number of H-pyrrole nitrogens is 1. The summed E-state index contributed by atoms with van der Waals surface area (Å²) >= 11 is 0. The van der Waals surface area contributed by atoms with Gasteiger partial charge < -0.3 is 15.1 Å². The molecule has 2 saturated heterocycles. The van der Waals surface area contributed by atoms with Crippen LogP contribution in [0.4, 0.5) is 22.0 Å². The van der Waals surface area contributed by atoms with Gasteiger partial charge >= 0.3 is 0 Å². The molecule has 6 rings (SSSR count). The normalized spacial score (nSPS) is 17.9. The Balaban J connectivity index is 1.13. The minimum Gasteiger partial charge on any atom is -0.341 e. The number of carbonyl (C=O) groups is 1. The summed E-state index contributed by atoms with van der Waals surface area (Å²) in [5.41, 5.74) is 2.40. The predicted octanol–water partition coefficient (Wildman–Crippen LogP) is 4.25. The molecule has 1 atom stereocenters. The SMILES string of the molecule is Cc1cc(Nc2cc(C)[nH]n2)nc(N2CCC3(CCCN([C@@H](C)c4ccc(-n5cc(F)cn5)nc4)C3=O)CC2)n1. The van der Waals surface area contributed by atoms with Gasteiger partial charge in [-0.2, -0.15) is 15.2 Å². The monoisotopic (exact) mass is 544 g/mol. The van der Waals surface area contributed by atoms with E-state index >= 15 is 0 Å². The number of anilines is 3.